The summed E-state index contributed by atoms with van der Waals surface area (Å²) in [5.41, 5.74) is 0.633. The number of aryl methyl sites for hydroxylation is 1. The van der Waals surface area contributed by atoms with Crippen LogP contribution in [0.25, 0.3) is 11.4 Å². The molecule has 0 spiro atoms. The number of halogens is 3. The third kappa shape index (κ3) is 3.89. The average molecular weight is 349 g/mol. The van der Waals surface area contributed by atoms with Crippen LogP contribution >= 0.6 is 35.6 Å². The average Bonchev–Trinajstić information content (AvgIpc) is 3.07. The molecule has 0 saturated carbocycles. The van der Waals surface area contributed by atoms with Crippen molar-refractivity contribution in [2.45, 2.75) is 19.3 Å². The van der Waals surface area contributed by atoms with Gasteiger partial charge in [0.1, 0.15) is 0 Å². The standard InChI is InChI=1S/C14H15Cl2N3O.ClH/c15-10-2-1-3-11(16)13(10)14-18-12(20-19-14)5-4-9-6-7-17-8-9;/h1-3,9,17H,4-8H2;1H. The molecule has 1 saturated heterocycles. The molecule has 0 aliphatic carbocycles. The molecule has 2 heterocycles. The Morgan fingerprint density at radius 2 is 2.05 bits per heavy atom. The molecule has 21 heavy (non-hydrogen) atoms. The number of nitrogens with zero attached hydrogens (tertiary/aromatic N) is 2. The molecule has 7 heteroatoms. The fourth-order valence-electron chi connectivity index (χ4n) is 2.46. The normalized spacial score (nSPS) is 17.7. The van der Waals surface area contributed by atoms with Crippen LogP contribution in [0.15, 0.2) is 22.7 Å². The van der Waals surface area contributed by atoms with E-state index in [-0.39, 0.29) is 12.4 Å². The van der Waals surface area contributed by atoms with Crippen LogP contribution in [0.1, 0.15) is 18.7 Å². The van der Waals surface area contributed by atoms with Crippen LogP contribution in [0.3, 0.4) is 0 Å². The molecule has 1 aromatic carbocycles. The van der Waals surface area contributed by atoms with Crippen LogP contribution in [-0.4, -0.2) is 23.2 Å². The molecule has 1 atom stereocenters. The van der Waals surface area contributed by atoms with Crippen molar-refractivity contribution in [2.24, 2.45) is 5.92 Å². The zero-order valence-corrected chi connectivity index (χ0v) is 13.6. The van der Waals surface area contributed by atoms with E-state index in [0.29, 0.717) is 33.2 Å². The van der Waals surface area contributed by atoms with Crippen molar-refractivity contribution < 1.29 is 4.52 Å². The molecule has 4 nitrogen and oxygen atoms in total. The predicted octanol–water partition coefficient (Wildman–Crippen LogP) is 4.01. The summed E-state index contributed by atoms with van der Waals surface area (Å²) in [5, 5.41) is 8.40. The number of nitrogens with one attached hydrogen (secondary N) is 1. The highest BCUT2D eigenvalue weighted by atomic mass is 35.5. The van der Waals surface area contributed by atoms with Crippen LogP contribution in [0, 0.1) is 5.92 Å². The van der Waals surface area contributed by atoms with Gasteiger partial charge in [0.25, 0.3) is 0 Å². The maximum atomic E-state index is 6.14. The van der Waals surface area contributed by atoms with Gasteiger partial charge in [-0.2, -0.15) is 4.98 Å². The van der Waals surface area contributed by atoms with Gasteiger partial charge in [-0.05, 0) is 44.0 Å². The molecular weight excluding hydrogens is 333 g/mol. The molecule has 1 aromatic heterocycles. The maximum absolute atomic E-state index is 6.14. The smallest absolute Gasteiger partial charge is 0.226 e. The highest BCUT2D eigenvalue weighted by Gasteiger charge is 2.18. The molecule has 1 unspecified atom stereocenters. The number of hydrogen-bond donors (Lipinski definition) is 1. The van der Waals surface area contributed by atoms with E-state index < -0.39 is 0 Å². The minimum absolute atomic E-state index is 0. The van der Waals surface area contributed by atoms with Gasteiger partial charge in [-0.15, -0.1) is 12.4 Å². The first kappa shape index (κ1) is 16.6. The topological polar surface area (TPSA) is 51.0 Å². The van der Waals surface area contributed by atoms with Gasteiger partial charge in [-0.3, -0.25) is 0 Å². The summed E-state index contributed by atoms with van der Waals surface area (Å²) in [4.78, 5) is 4.40. The molecule has 114 valence electrons. The van der Waals surface area contributed by atoms with Crippen molar-refractivity contribution in [3.05, 3.63) is 34.1 Å². The SMILES string of the molecule is Cl.Clc1cccc(Cl)c1-c1noc(CCC2CCNC2)n1. The van der Waals surface area contributed by atoms with Gasteiger partial charge in [-0.25, -0.2) is 0 Å². The van der Waals surface area contributed by atoms with E-state index in [1.165, 1.54) is 6.42 Å². The zero-order valence-electron chi connectivity index (χ0n) is 11.3. The second kappa shape index (κ2) is 7.45. The molecule has 3 rings (SSSR count). The minimum Gasteiger partial charge on any atom is -0.339 e. The van der Waals surface area contributed by atoms with Crippen molar-refractivity contribution in [1.82, 2.24) is 15.5 Å². The first-order chi connectivity index (χ1) is 9.74. The van der Waals surface area contributed by atoms with E-state index in [1.807, 2.05) is 0 Å². The first-order valence-corrected chi connectivity index (χ1v) is 7.47. The lowest BCUT2D eigenvalue weighted by Crippen LogP contribution is -2.09. The number of benzene rings is 1. The van der Waals surface area contributed by atoms with Gasteiger partial charge in [0.2, 0.25) is 11.7 Å². The van der Waals surface area contributed by atoms with Gasteiger partial charge in [0, 0.05) is 6.42 Å². The Balaban J connectivity index is 0.00000161. The van der Waals surface area contributed by atoms with Crippen molar-refractivity contribution in [3.63, 3.8) is 0 Å². The molecule has 2 aromatic rings. The Morgan fingerprint density at radius 1 is 1.29 bits per heavy atom. The fourth-order valence-corrected chi connectivity index (χ4v) is 3.02. The second-order valence-electron chi connectivity index (χ2n) is 5.01. The maximum Gasteiger partial charge on any atom is 0.226 e. The van der Waals surface area contributed by atoms with Crippen molar-refractivity contribution in [2.75, 3.05) is 13.1 Å². The number of aromatic nitrogens is 2. The Hall–Kier alpha value is -0.810. The van der Waals surface area contributed by atoms with Crippen LogP contribution in [-0.2, 0) is 6.42 Å². The lowest BCUT2D eigenvalue weighted by Gasteiger charge is -2.04. The first-order valence-electron chi connectivity index (χ1n) is 6.71. The zero-order chi connectivity index (χ0) is 13.9. The van der Waals surface area contributed by atoms with Gasteiger partial charge < -0.3 is 9.84 Å². The van der Waals surface area contributed by atoms with E-state index in [2.05, 4.69) is 15.5 Å². The van der Waals surface area contributed by atoms with Gasteiger partial charge >= 0.3 is 0 Å². The van der Waals surface area contributed by atoms with Crippen molar-refractivity contribution in [3.8, 4) is 11.4 Å². The molecule has 1 aliphatic heterocycles. The highest BCUT2D eigenvalue weighted by molar-refractivity contribution is 6.38. The van der Waals surface area contributed by atoms with Crippen LogP contribution < -0.4 is 5.32 Å². The quantitative estimate of drug-likeness (QED) is 0.907. The Kier molecular flexibility index (Phi) is 5.88. The fraction of sp³-hybridized carbons (Fsp3) is 0.429. The summed E-state index contributed by atoms with van der Waals surface area (Å²) in [5.74, 6) is 1.80. The monoisotopic (exact) mass is 347 g/mol. The van der Waals surface area contributed by atoms with Crippen molar-refractivity contribution >= 4 is 35.6 Å². The largest absolute Gasteiger partial charge is 0.339 e. The highest BCUT2D eigenvalue weighted by Crippen LogP contribution is 2.32. The summed E-state index contributed by atoms with van der Waals surface area (Å²) in [6.07, 6.45) is 3.07. The van der Waals surface area contributed by atoms with Gasteiger partial charge in [0.05, 0.1) is 15.6 Å². The third-order valence-corrected chi connectivity index (χ3v) is 4.21. The van der Waals surface area contributed by atoms with E-state index in [4.69, 9.17) is 27.7 Å². The second-order valence-corrected chi connectivity index (χ2v) is 5.82. The van der Waals surface area contributed by atoms with Crippen LogP contribution in [0.4, 0.5) is 0 Å². The van der Waals surface area contributed by atoms with Crippen LogP contribution in [0.2, 0.25) is 10.0 Å². The van der Waals surface area contributed by atoms with Crippen molar-refractivity contribution in [1.29, 1.82) is 0 Å². The van der Waals surface area contributed by atoms with E-state index >= 15 is 0 Å². The number of rotatable bonds is 4. The predicted molar refractivity (Wildman–Crippen MR) is 86.3 cm³/mol. The lowest BCUT2D eigenvalue weighted by molar-refractivity contribution is 0.365. The van der Waals surface area contributed by atoms with E-state index in [9.17, 15) is 0 Å². The summed E-state index contributed by atoms with van der Waals surface area (Å²) in [7, 11) is 0. The molecule has 0 amide bonds. The molecule has 0 radical (unpaired) electrons. The summed E-state index contributed by atoms with van der Waals surface area (Å²) in [6.45, 7) is 2.19. The molecule has 1 aliphatic rings. The third-order valence-electron chi connectivity index (χ3n) is 3.58. The molecule has 1 fully saturated rings. The van der Waals surface area contributed by atoms with E-state index in [0.717, 1.165) is 25.9 Å². The number of hydrogen-bond acceptors (Lipinski definition) is 4. The summed E-state index contributed by atoms with van der Waals surface area (Å²) in [6, 6.07) is 5.33. The lowest BCUT2D eigenvalue weighted by atomic mass is 10.0. The molecule has 1 N–H and O–H groups in total. The molecule has 0 bridgehead atoms. The Bertz CT molecular complexity index is 577. The Labute approximate surface area is 139 Å². The summed E-state index contributed by atoms with van der Waals surface area (Å²) >= 11 is 12.3. The molecular formula is C14H16Cl3N3O. The summed E-state index contributed by atoms with van der Waals surface area (Å²) < 4.78 is 5.29. The Morgan fingerprint density at radius 3 is 2.71 bits per heavy atom. The van der Waals surface area contributed by atoms with Gasteiger partial charge in [0.15, 0.2) is 0 Å². The van der Waals surface area contributed by atoms with Gasteiger partial charge in [-0.1, -0.05) is 34.4 Å². The minimum atomic E-state index is 0. The van der Waals surface area contributed by atoms with E-state index in [1.54, 1.807) is 18.2 Å². The van der Waals surface area contributed by atoms with Crippen LogP contribution in [0.5, 0.6) is 0 Å².